The van der Waals surface area contributed by atoms with Crippen LogP contribution in [0.3, 0.4) is 0 Å². The van der Waals surface area contributed by atoms with Gasteiger partial charge < -0.3 is 14.8 Å². The first-order chi connectivity index (χ1) is 9.76. The standard InChI is InChI=1S/C17H21NO2/c1-13-7-6-9-14(11-18-2)17(13)20-12-15-8-4-5-10-16(15)19-3/h4-10,18H,11-12H2,1-3H3. The normalized spacial score (nSPS) is 10.3. The Labute approximate surface area is 120 Å². The lowest BCUT2D eigenvalue weighted by molar-refractivity contribution is 0.291. The van der Waals surface area contributed by atoms with Crippen molar-refractivity contribution in [2.45, 2.75) is 20.1 Å². The second-order valence-electron chi connectivity index (χ2n) is 4.69. The molecule has 0 saturated carbocycles. The molecule has 0 spiro atoms. The summed E-state index contributed by atoms with van der Waals surface area (Å²) in [6.45, 7) is 3.37. The third-order valence-corrected chi connectivity index (χ3v) is 3.23. The summed E-state index contributed by atoms with van der Waals surface area (Å²) in [7, 11) is 3.62. The van der Waals surface area contributed by atoms with Gasteiger partial charge in [0.1, 0.15) is 18.1 Å². The van der Waals surface area contributed by atoms with E-state index < -0.39 is 0 Å². The first-order valence-electron chi connectivity index (χ1n) is 6.74. The van der Waals surface area contributed by atoms with Crippen molar-refractivity contribution >= 4 is 0 Å². The number of para-hydroxylation sites is 2. The van der Waals surface area contributed by atoms with Crippen molar-refractivity contribution in [1.82, 2.24) is 5.32 Å². The lowest BCUT2D eigenvalue weighted by Crippen LogP contribution is -2.08. The lowest BCUT2D eigenvalue weighted by Gasteiger charge is -2.15. The molecular formula is C17H21NO2. The fourth-order valence-corrected chi connectivity index (χ4v) is 2.22. The molecule has 0 radical (unpaired) electrons. The van der Waals surface area contributed by atoms with Crippen LogP contribution in [0, 0.1) is 6.92 Å². The molecule has 1 N–H and O–H groups in total. The second-order valence-corrected chi connectivity index (χ2v) is 4.69. The highest BCUT2D eigenvalue weighted by atomic mass is 16.5. The molecule has 0 saturated heterocycles. The van der Waals surface area contributed by atoms with Crippen LogP contribution in [-0.4, -0.2) is 14.2 Å². The van der Waals surface area contributed by atoms with Gasteiger partial charge >= 0.3 is 0 Å². The number of benzene rings is 2. The van der Waals surface area contributed by atoms with Crippen molar-refractivity contribution in [3.8, 4) is 11.5 Å². The number of methoxy groups -OCH3 is 1. The van der Waals surface area contributed by atoms with Gasteiger partial charge in [-0.05, 0) is 25.6 Å². The average molecular weight is 271 g/mol. The van der Waals surface area contributed by atoms with Crippen molar-refractivity contribution in [1.29, 1.82) is 0 Å². The fourth-order valence-electron chi connectivity index (χ4n) is 2.22. The molecule has 2 aromatic carbocycles. The zero-order chi connectivity index (χ0) is 14.4. The molecule has 0 unspecified atom stereocenters. The van der Waals surface area contributed by atoms with Crippen LogP contribution in [-0.2, 0) is 13.2 Å². The van der Waals surface area contributed by atoms with Gasteiger partial charge in [-0.1, -0.05) is 36.4 Å². The van der Waals surface area contributed by atoms with Crippen LogP contribution < -0.4 is 14.8 Å². The molecule has 0 atom stereocenters. The minimum atomic E-state index is 0.506. The van der Waals surface area contributed by atoms with E-state index in [1.165, 1.54) is 5.56 Å². The molecule has 106 valence electrons. The molecular weight excluding hydrogens is 250 g/mol. The minimum Gasteiger partial charge on any atom is -0.496 e. The number of ether oxygens (including phenoxy) is 2. The minimum absolute atomic E-state index is 0.506. The number of nitrogens with one attached hydrogen (secondary N) is 1. The third-order valence-electron chi connectivity index (χ3n) is 3.23. The van der Waals surface area contributed by atoms with E-state index in [1.807, 2.05) is 31.3 Å². The number of aryl methyl sites for hydroxylation is 1. The van der Waals surface area contributed by atoms with Gasteiger partial charge in [0.2, 0.25) is 0 Å². The van der Waals surface area contributed by atoms with Gasteiger partial charge in [-0.2, -0.15) is 0 Å². The van der Waals surface area contributed by atoms with Crippen LogP contribution in [0.1, 0.15) is 16.7 Å². The van der Waals surface area contributed by atoms with Gasteiger partial charge in [0.25, 0.3) is 0 Å². The highest BCUT2D eigenvalue weighted by Gasteiger charge is 2.08. The van der Waals surface area contributed by atoms with Gasteiger partial charge in [-0.25, -0.2) is 0 Å². The maximum atomic E-state index is 6.03. The number of hydrogen-bond donors (Lipinski definition) is 1. The topological polar surface area (TPSA) is 30.5 Å². The molecule has 20 heavy (non-hydrogen) atoms. The van der Waals surface area contributed by atoms with E-state index in [0.29, 0.717) is 6.61 Å². The Hall–Kier alpha value is -2.00. The molecule has 0 fully saturated rings. The maximum Gasteiger partial charge on any atom is 0.127 e. The first kappa shape index (κ1) is 14.4. The molecule has 0 aromatic heterocycles. The monoisotopic (exact) mass is 271 g/mol. The Bertz CT molecular complexity index is 567. The number of rotatable bonds is 6. The van der Waals surface area contributed by atoms with Gasteiger partial charge in [-0.15, -0.1) is 0 Å². The third kappa shape index (κ3) is 3.31. The van der Waals surface area contributed by atoms with E-state index in [2.05, 4.69) is 30.4 Å². The molecule has 0 aliphatic heterocycles. The smallest absolute Gasteiger partial charge is 0.127 e. The predicted molar refractivity (Wildman–Crippen MR) is 81.3 cm³/mol. The highest BCUT2D eigenvalue weighted by molar-refractivity contribution is 5.41. The first-order valence-corrected chi connectivity index (χ1v) is 6.74. The molecule has 0 aliphatic rings. The van der Waals surface area contributed by atoms with E-state index >= 15 is 0 Å². The van der Waals surface area contributed by atoms with Crippen LogP contribution in [0.25, 0.3) is 0 Å². The SMILES string of the molecule is CNCc1cccc(C)c1OCc1ccccc1OC. The van der Waals surface area contributed by atoms with Gasteiger partial charge in [-0.3, -0.25) is 0 Å². The molecule has 0 aliphatic carbocycles. The predicted octanol–water partition coefficient (Wildman–Crippen LogP) is 3.30. The summed E-state index contributed by atoms with van der Waals surface area (Å²) in [6.07, 6.45) is 0. The van der Waals surface area contributed by atoms with Crippen molar-refractivity contribution in [2.24, 2.45) is 0 Å². The van der Waals surface area contributed by atoms with Gasteiger partial charge in [0.05, 0.1) is 7.11 Å². The van der Waals surface area contributed by atoms with Crippen molar-refractivity contribution < 1.29 is 9.47 Å². The highest BCUT2D eigenvalue weighted by Crippen LogP contribution is 2.26. The second kappa shape index (κ2) is 6.96. The molecule has 0 heterocycles. The quantitative estimate of drug-likeness (QED) is 0.874. The largest absolute Gasteiger partial charge is 0.496 e. The van der Waals surface area contributed by atoms with Crippen LogP contribution >= 0.6 is 0 Å². The van der Waals surface area contributed by atoms with E-state index in [9.17, 15) is 0 Å². The molecule has 2 aromatic rings. The fraction of sp³-hybridized carbons (Fsp3) is 0.294. The van der Waals surface area contributed by atoms with Crippen molar-refractivity contribution in [3.05, 3.63) is 59.2 Å². The molecule has 3 heteroatoms. The zero-order valence-corrected chi connectivity index (χ0v) is 12.3. The van der Waals surface area contributed by atoms with Crippen molar-refractivity contribution in [2.75, 3.05) is 14.2 Å². The average Bonchev–Trinajstić information content (AvgIpc) is 2.47. The van der Waals surface area contributed by atoms with Crippen LogP contribution in [0.4, 0.5) is 0 Å². The van der Waals surface area contributed by atoms with E-state index in [-0.39, 0.29) is 0 Å². The van der Waals surface area contributed by atoms with Crippen LogP contribution in [0.2, 0.25) is 0 Å². The Morgan fingerprint density at radius 1 is 1.00 bits per heavy atom. The molecule has 2 rings (SSSR count). The Morgan fingerprint density at radius 2 is 1.75 bits per heavy atom. The summed E-state index contributed by atoms with van der Waals surface area (Å²) < 4.78 is 11.4. The van der Waals surface area contributed by atoms with Gasteiger partial charge in [0, 0.05) is 17.7 Å². The maximum absolute atomic E-state index is 6.03. The summed E-state index contributed by atoms with van der Waals surface area (Å²) in [5.74, 6) is 1.81. The molecule has 3 nitrogen and oxygen atoms in total. The van der Waals surface area contributed by atoms with Crippen molar-refractivity contribution in [3.63, 3.8) is 0 Å². The molecule has 0 bridgehead atoms. The Morgan fingerprint density at radius 3 is 2.50 bits per heavy atom. The number of hydrogen-bond acceptors (Lipinski definition) is 3. The Balaban J connectivity index is 2.18. The summed E-state index contributed by atoms with van der Waals surface area (Å²) in [6, 6.07) is 14.1. The lowest BCUT2D eigenvalue weighted by atomic mass is 10.1. The van der Waals surface area contributed by atoms with Crippen LogP contribution in [0.5, 0.6) is 11.5 Å². The van der Waals surface area contributed by atoms with E-state index in [1.54, 1.807) is 7.11 Å². The zero-order valence-electron chi connectivity index (χ0n) is 12.3. The summed E-state index contributed by atoms with van der Waals surface area (Å²) in [4.78, 5) is 0. The van der Waals surface area contributed by atoms with E-state index in [0.717, 1.165) is 29.2 Å². The molecule has 0 amide bonds. The summed E-state index contributed by atoms with van der Waals surface area (Å²) in [5.41, 5.74) is 3.36. The summed E-state index contributed by atoms with van der Waals surface area (Å²) in [5, 5.41) is 3.17. The van der Waals surface area contributed by atoms with E-state index in [4.69, 9.17) is 9.47 Å². The summed E-state index contributed by atoms with van der Waals surface area (Å²) >= 11 is 0. The Kier molecular flexibility index (Phi) is 5.02. The van der Waals surface area contributed by atoms with Crippen LogP contribution in [0.15, 0.2) is 42.5 Å². The van der Waals surface area contributed by atoms with Gasteiger partial charge in [0.15, 0.2) is 0 Å².